The highest BCUT2D eigenvalue weighted by molar-refractivity contribution is 6.32. The average molecular weight is 254 g/mol. The molecule has 0 radical (unpaired) electrons. The largest absolute Gasteiger partial charge is 0.492 e. The van der Waals surface area contributed by atoms with E-state index in [-0.39, 0.29) is 0 Å². The number of nitrogens with one attached hydrogen (secondary N) is 1. The van der Waals surface area contributed by atoms with Crippen LogP contribution < -0.4 is 10.1 Å². The molecule has 3 heteroatoms. The molecule has 2 rings (SSSR count). The van der Waals surface area contributed by atoms with Crippen molar-refractivity contribution in [1.82, 2.24) is 5.32 Å². The molecule has 2 nitrogen and oxygen atoms in total. The highest BCUT2D eigenvalue weighted by atomic mass is 35.5. The maximum Gasteiger partial charge on any atom is 0.137 e. The molecule has 0 amide bonds. The van der Waals surface area contributed by atoms with Crippen LogP contribution in [0, 0.1) is 6.92 Å². The Balaban J connectivity index is 1.77. The van der Waals surface area contributed by atoms with Gasteiger partial charge in [0.1, 0.15) is 5.75 Å². The summed E-state index contributed by atoms with van der Waals surface area (Å²) in [5.41, 5.74) is 1.16. The second-order valence-corrected chi connectivity index (χ2v) is 5.13. The van der Waals surface area contributed by atoms with E-state index in [0.29, 0.717) is 11.1 Å². The van der Waals surface area contributed by atoms with E-state index in [0.717, 1.165) is 30.9 Å². The van der Waals surface area contributed by atoms with Crippen molar-refractivity contribution >= 4 is 11.6 Å². The van der Waals surface area contributed by atoms with Crippen LogP contribution >= 0.6 is 11.6 Å². The lowest BCUT2D eigenvalue weighted by atomic mass is 10.0. The first-order chi connectivity index (χ1) is 8.25. The molecule has 0 saturated carbocycles. The third-order valence-corrected chi connectivity index (χ3v) is 3.52. The fourth-order valence-corrected chi connectivity index (χ4v) is 2.49. The van der Waals surface area contributed by atoms with E-state index < -0.39 is 0 Å². The molecule has 1 aliphatic heterocycles. The second kappa shape index (κ2) is 6.27. The first-order valence-corrected chi connectivity index (χ1v) is 6.76. The molecule has 1 fully saturated rings. The summed E-state index contributed by atoms with van der Waals surface area (Å²) in [5.74, 6) is 0.799. The predicted octanol–water partition coefficient (Wildman–Crippen LogP) is 3.56. The van der Waals surface area contributed by atoms with Crippen molar-refractivity contribution in [3.05, 3.63) is 28.8 Å². The van der Waals surface area contributed by atoms with Crippen LogP contribution in [0.1, 0.15) is 31.2 Å². The molecule has 1 saturated heterocycles. The van der Waals surface area contributed by atoms with E-state index in [4.69, 9.17) is 16.3 Å². The Bertz CT molecular complexity index is 361. The molecule has 1 N–H and O–H groups in total. The van der Waals surface area contributed by atoms with Crippen molar-refractivity contribution in [3.8, 4) is 5.75 Å². The lowest BCUT2D eigenvalue weighted by Crippen LogP contribution is -2.35. The molecule has 94 valence electrons. The summed E-state index contributed by atoms with van der Waals surface area (Å²) < 4.78 is 5.72. The molecule has 0 spiro atoms. The van der Waals surface area contributed by atoms with Crippen molar-refractivity contribution < 1.29 is 4.74 Å². The summed E-state index contributed by atoms with van der Waals surface area (Å²) in [6.07, 6.45) is 4.97. The van der Waals surface area contributed by atoms with E-state index in [2.05, 4.69) is 5.32 Å². The molecular formula is C14H20ClNO. The molecule has 1 aromatic rings. The first-order valence-electron chi connectivity index (χ1n) is 6.38. The number of aryl methyl sites for hydroxylation is 1. The quantitative estimate of drug-likeness (QED) is 0.886. The van der Waals surface area contributed by atoms with Crippen molar-refractivity contribution in [1.29, 1.82) is 0 Å². The van der Waals surface area contributed by atoms with Crippen LogP contribution in [0.15, 0.2) is 18.2 Å². The van der Waals surface area contributed by atoms with E-state index in [9.17, 15) is 0 Å². The van der Waals surface area contributed by atoms with Gasteiger partial charge in [0.2, 0.25) is 0 Å². The highest BCUT2D eigenvalue weighted by Gasteiger charge is 2.12. The molecule has 0 aliphatic carbocycles. The number of hydrogen-bond acceptors (Lipinski definition) is 2. The fourth-order valence-electron chi connectivity index (χ4n) is 2.20. The van der Waals surface area contributed by atoms with Crippen LogP contribution in [0.2, 0.25) is 5.02 Å². The van der Waals surface area contributed by atoms with Crippen LogP contribution in [0.4, 0.5) is 0 Å². The third-order valence-electron chi connectivity index (χ3n) is 3.22. The van der Waals surface area contributed by atoms with E-state index >= 15 is 0 Å². The van der Waals surface area contributed by atoms with Crippen LogP contribution in [-0.2, 0) is 0 Å². The van der Waals surface area contributed by atoms with Gasteiger partial charge < -0.3 is 10.1 Å². The number of ether oxygens (including phenoxy) is 1. The Hall–Kier alpha value is -0.730. The van der Waals surface area contributed by atoms with Gasteiger partial charge in [0.15, 0.2) is 0 Å². The van der Waals surface area contributed by atoms with Crippen molar-refractivity contribution in [2.75, 3.05) is 13.2 Å². The third kappa shape index (κ3) is 3.90. The summed E-state index contributed by atoms with van der Waals surface area (Å²) in [5, 5.41) is 4.23. The number of piperidine rings is 1. The molecule has 0 unspecified atom stereocenters. The van der Waals surface area contributed by atoms with Gasteiger partial charge in [-0.05, 0) is 50.4 Å². The van der Waals surface area contributed by atoms with E-state index in [1.807, 2.05) is 25.1 Å². The Labute approximate surface area is 108 Å². The van der Waals surface area contributed by atoms with Crippen LogP contribution in [-0.4, -0.2) is 19.2 Å². The summed E-state index contributed by atoms with van der Waals surface area (Å²) in [4.78, 5) is 0. The zero-order valence-corrected chi connectivity index (χ0v) is 11.1. The Morgan fingerprint density at radius 2 is 2.29 bits per heavy atom. The monoisotopic (exact) mass is 253 g/mol. The van der Waals surface area contributed by atoms with Crippen molar-refractivity contribution in [2.45, 2.75) is 38.6 Å². The molecule has 1 heterocycles. The zero-order chi connectivity index (χ0) is 12.1. The van der Waals surface area contributed by atoms with Gasteiger partial charge in [-0.25, -0.2) is 0 Å². The second-order valence-electron chi connectivity index (χ2n) is 4.72. The topological polar surface area (TPSA) is 21.3 Å². The number of halogens is 1. The van der Waals surface area contributed by atoms with Gasteiger partial charge in [-0.3, -0.25) is 0 Å². The lowest BCUT2D eigenvalue weighted by Gasteiger charge is -2.23. The first kappa shape index (κ1) is 12.7. The van der Waals surface area contributed by atoms with E-state index in [1.54, 1.807) is 0 Å². The minimum Gasteiger partial charge on any atom is -0.492 e. The highest BCUT2D eigenvalue weighted by Crippen LogP contribution is 2.25. The van der Waals surface area contributed by atoms with Crippen molar-refractivity contribution in [2.24, 2.45) is 0 Å². The van der Waals surface area contributed by atoms with E-state index in [1.165, 1.54) is 19.3 Å². The van der Waals surface area contributed by atoms with Gasteiger partial charge >= 0.3 is 0 Å². The molecule has 1 aliphatic rings. The Morgan fingerprint density at radius 3 is 3.00 bits per heavy atom. The molecule has 0 bridgehead atoms. The molecular weight excluding hydrogens is 234 g/mol. The minimum atomic E-state index is 0.618. The van der Waals surface area contributed by atoms with Crippen LogP contribution in [0.25, 0.3) is 0 Å². The smallest absolute Gasteiger partial charge is 0.137 e. The van der Waals surface area contributed by atoms with Crippen LogP contribution in [0.3, 0.4) is 0 Å². The van der Waals surface area contributed by atoms with Gasteiger partial charge in [0.05, 0.1) is 11.6 Å². The van der Waals surface area contributed by atoms with Gasteiger partial charge in [0, 0.05) is 6.04 Å². The SMILES string of the molecule is Cc1ccc(OCC[C@H]2CCCCN2)c(Cl)c1. The fraction of sp³-hybridized carbons (Fsp3) is 0.571. The van der Waals surface area contributed by atoms with Crippen LogP contribution in [0.5, 0.6) is 5.75 Å². The predicted molar refractivity (Wildman–Crippen MR) is 71.9 cm³/mol. The summed E-state index contributed by atoms with van der Waals surface area (Å²) in [7, 11) is 0. The number of benzene rings is 1. The van der Waals surface area contributed by atoms with Crippen molar-refractivity contribution in [3.63, 3.8) is 0 Å². The Morgan fingerprint density at radius 1 is 1.41 bits per heavy atom. The summed E-state index contributed by atoms with van der Waals surface area (Å²) in [6.45, 7) is 3.91. The van der Waals surface area contributed by atoms with Gasteiger partial charge in [-0.15, -0.1) is 0 Å². The molecule has 17 heavy (non-hydrogen) atoms. The standard InChI is InChI=1S/C14H20ClNO/c1-11-5-6-14(13(15)10-11)17-9-7-12-4-2-3-8-16-12/h5-6,10,12,16H,2-4,7-9H2,1H3/t12-/m1/s1. The maximum atomic E-state index is 6.11. The minimum absolute atomic E-state index is 0.618. The summed E-state index contributed by atoms with van der Waals surface area (Å²) in [6, 6.07) is 6.54. The van der Waals surface area contributed by atoms with Gasteiger partial charge in [-0.1, -0.05) is 24.1 Å². The van der Waals surface area contributed by atoms with Gasteiger partial charge in [0.25, 0.3) is 0 Å². The maximum absolute atomic E-state index is 6.11. The number of hydrogen-bond donors (Lipinski definition) is 1. The molecule has 1 aromatic carbocycles. The molecule has 1 atom stereocenters. The lowest BCUT2D eigenvalue weighted by molar-refractivity contribution is 0.268. The zero-order valence-electron chi connectivity index (χ0n) is 10.3. The Kier molecular flexibility index (Phi) is 4.69. The summed E-state index contributed by atoms with van der Waals surface area (Å²) >= 11 is 6.11. The normalized spacial score (nSPS) is 20.2. The average Bonchev–Trinajstić information content (AvgIpc) is 2.33. The number of rotatable bonds is 4. The van der Waals surface area contributed by atoms with Gasteiger partial charge in [-0.2, -0.15) is 0 Å². The molecule has 0 aromatic heterocycles.